The molecule has 0 amide bonds. The Bertz CT molecular complexity index is 1510. The number of rotatable bonds is 3. The first-order chi connectivity index (χ1) is 18.6. The topological polar surface area (TPSA) is 39.4 Å². The van der Waals surface area contributed by atoms with Crippen LogP contribution in [-0.4, -0.2) is 47.3 Å². The van der Waals surface area contributed by atoms with Gasteiger partial charge in [0.2, 0.25) is 0 Å². The van der Waals surface area contributed by atoms with Gasteiger partial charge in [-0.15, -0.1) is 0 Å². The summed E-state index contributed by atoms with van der Waals surface area (Å²) in [6.45, 7) is 4.34. The summed E-state index contributed by atoms with van der Waals surface area (Å²) >= 11 is 0. The highest BCUT2D eigenvalue weighted by atomic mass is 16.5. The summed E-state index contributed by atoms with van der Waals surface area (Å²) in [5.41, 5.74) is 9.08. The Hall–Kier alpha value is -3.05. The number of likely N-dealkylation sites (tertiary alicyclic amines) is 1. The minimum absolute atomic E-state index is 0.258. The average Bonchev–Trinajstić information content (AvgIpc) is 3.48. The minimum Gasteiger partial charge on any atom is -0.465 e. The summed E-state index contributed by atoms with van der Waals surface area (Å²) < 4.78 is 10.2. The molecule has 2 fully saturated rings. The van der Waals surface area contributed by atoms with E-state index in [1.165, 1.54) is 104 Å². The highest BCUT2D eigenvalue weighted by molar-refractivity contribution is 6.03. The van der Waals surface area contributed by atoms with Crippen LogP contribution in [0.2, 0.25) is 0 Å². The normalized spacial score (nSPS) is 19.4. The standard InChI is InChI=1S/C33H39N3O2/c1-34-18-14-22(15-19-34)28-21-35-16-7-17-36-29-20-24(33(37)38-2)12-13-26(29)30(23-8-4-3-5-9-23)32(36)27-11-6-10-25(28)31(27)35/h6,10-13,20-23H,3-5,7-9,14-19H2,1-2H3. The molecule has 0 radical (unpaired) electrons. The lowest BCUT2D eigenvalue weighted by molar-refractivity contribution is 0.0601. The van der Waals surface area contributed by atoms with Crippen molar-refractivity contribution in [1.82, 2.24) is 14.0 Å². The third-order valence-corrected chi connectivity index (χ3v) is 9.66. The Morgan fingerprint density at radius 3 is 2.47 bits per heavy atom. The van der Waals surface area contributed by atoms with Crippen LogP contribution in [0.3, 0.4) is 0 Å². The lowest BCUT2D eigenvalue weighted by Crippen LogP contribution is -2.29. The number of hydrogen-bond donors (Lipinski definition) is 0. The number of esters is 1. The molecule has 1 saturated heterocycles. The molecular formula is C33H39N3O2. The van der Waals surface area contributed by atoms with E-state index in [1.54, 1.807) is 5.56 Å². The van der Waals surface area contributed by atoms with Crippen molar-refractivity contribution in [3.05, 3.63) is 59.3 Å². The van der Waals surface area contributed by atoms with Crippen LogP contribution in [0.4, 0.5) is 0 Å². The van der Waals surface area contributed by atoms with Crippen molar-refractivity contribution in [2.24, 2.45) is 0 Å². The lowest BCUT2D eigenvalue weighted by atomic mass is 9.81. The van der Waals surface area contributed by atoms with Gasteiger partial charge >= 0.3 is 5.97 Å². The number of carbonyl (C=O) groups is 1. The molecular weight excluding hydrogens is 470 g/mol. The van der Waals surface area contributed by atoms with Gasteiger partial charge in [-0.05, 0) is 87.3 Å². The second kappa shape index (κ2) is 9.60. The molecule has 2 aliphatic heterocycles. The van der Waals surface area contributed by atoms with Gasteiger partial charge in [0.05, 0.1) is 23.9 Å². The minimum atomic E-state index is -0.258. The second-order valence-electron chi connectivity index (χ2n) is 11.9. The van der Waals surface area contributed by atoms with Crippen LogP contribution in [-0.2, 0) is 17.8 Å². The second-order valence-corrected chi connectivity index (χ2v) is 11.9. The number of fused-ring (bicyclic) bond motifs is 4. The van der Waals surface area contributed by atoms with Gasteiger partial charge < -0.3 is 18.8 Å². The van der Waals surface area contributed by atoms with E-state index in [1.807, 2.05) is 6.07 Å². The van der Waals surface area contributed by atoms with Gasteiger partial charge in [0.1, 0.15) is 0 Å². The zero-order valence-electron chi connectivity index (χ0n) is 22.8. The molecule has 7 rings (SSSR count). The maximum Gasteiger partial charge on any atom is 0.337 e. The first kappa shape index (κ1) is 24.0. The molecule has 5 heteroatoms. The molecule has 0 spiro atoms. The van der Waals surface area contributed by atoms with E-state index in [0.29, 0.717) is 17.4 Å². The van der Waals surface area contributed by atoms with E-state index in [9.17, 15) is 4.79 Å². The number of carbonyl (C=O) groups excluding carboxylic acids is 1. The zero-order valence-corrected chi connectivity index (χ0v) is 22.8. The number of aromatic nitrogens is 2. The number of nitrogens with zero attached hydrogens (tertiary/aromatic N) is 3. The summed E-state index contributed by atoms with van der Waals surface area (Å²) in [7, 11) is 3.72. The molecule has 0 bridgehead atoms. The Balaban J connectivity index is 1.49. The number of hydrogen-bond acceptors (Lipinski definition) is 3. The van der Waals surface area contributed by atoms with Crippen molar-refractivity contribution in [3.63, 3.8) is 0 Å². The van der Waals surface area contributed by atoms with E-state index in [-0.39, 0.29) is 5.97 Å². The predicted molar refractivity (Wildman–Crippen MR) is 154 cm³/mol. The summed E-state index contributed by atoms with van der Waals surface area (Å²) in [6, 6.07) is 13.3. The van der Waals surface area contributed by atoms with Crippen LogP contribution in [0.1, 0.15) is 84.7 Å². The van der Waals surface area contributed by atoms with Gasteiger partial charge in [-0.25, -0.2) is 4.79 Å². The van der Waals surface area contributed by atoms with Gasteiger partial charge in [-0.3, -0.25) is 0 Å². The molecule has 5 nitrogen and oxygen atoms in total. The Labute approximate surface area is 225 Å². The van der Waals surface area contributed by atoms with Gasteiger partial charge in [-0.1, -0.05) is 43.5 Å². The van der Waals surface area contributed by atoms with E-state index >= 15 is 0 Å². The highest BCUT2D eigenvalue weighted by Gasteiger charge is 2.30. The maximum absolute atomic E-state index is 12.5. The maximum atomic E-state index is 12.5. The fourth-order valence-electron chi connectivity index (χ4n) is 7.75. The molecule has 198 valence electrons. The van der Waals surface area contributed by atoms with E-state index in [4.69, 9.17) is 4.74 Å². The van der Waals surface area contributed by atoms with Gasteiger partial charge in [0.25, 0.3) is 0 Å². The molecule has 1 aliphatic carbocycles. The van der Waals surface area contributed by atoms with Gasteiger partial charge in [0.15, 0.2) is 0 Å². The third-order valence-electron chi connectivity index (χ3n) is 9.66. The van der Waals surface area contributed by atoms with Crippen molar-refractivity contribution < 1.29 is 9.53 Å². The number of ether oxygens (including phenoxy) is 1. The Morgan fingerprint density at radius 2 is 1.68 bits per heavy atom. The first-order valence-electron chi connectivity index (χ1n) is 14.7. The number of methoxy groups -OCH3 is 1. The van der Waals surface area contributed by atoms with E-state index in [0.717, 1.165) is 19.5 Å². The zero-order chi connectivity index (χ0) is 25.8. The Morgan fingerprint density at radius 1 is 0.868 bits per heavy atom. The van der Waals surface area contributed by atoms with Crippen molar-refractivity contribution in [1.29, 1.82) is 0 Å². The van der Waals surface area contributed by atoms with Crippen molar-refractivity contribution in [3.8, 4) is 11.3 Å². The van der Waals surface area contributed by atoms with Crippen LogP contribution in [0, 0.1) is 0 Å². The monoisotopic (exact) mass is 509 g/mol. The molecule has 2 aromatic heterocycles. The van der Waals surface area contributed by atoms with Crippen molar-refractivity contribution in [2.45, 2.75) is 76.3 Å². The molecule has 0 unspecified atom stereocenters. The number of para-hydroxylation sites is 1. The summed E-state index contributed by atoms with van der Waals surface area (Å²) in [6.07, 6.45) is 12.5. The highest BCUT2D eigenvalue weighted by Crippen LogP contribution is 2.47. The molecule has 0 N–H and O–H groups in total. The quantitative estimate of drug-likeness (QED) is 0.272. The number of piperidine rings is 1. The van der Waals surface area contributed by atoms with Crippen LogP contribution in [0.25, 0.3) is 33.1 Å². The van der Waals surface area contributed by atoms with Crippen LogP contribution in [0.15, 0.2) is 42.6 Å². The average molecular weight is 510 g/mol. The van der Waals surface area contributed by atoms with Crippen LogP contribution >= 0.6 is 0 Å². The summed E-state index contributed by atoms with van der Waals surface area (Å²) in [5, 5.41) is 2.77. The number of aryl methyl sites for hydroxylation is 2. The molecule has 3 aliphatic rings. The molecule has 4 heterocycles. The van der Waals surface area contributed by atoms with Crippen LogP contribution in [0.5, 0.6) is 0 Å². The fraction of sp³-hybridized carbons (Fsp3) is 0.485. The third kappa shape index (κ3) is 3.81. The fourth-order valence-corrected chi connectivity index (χ4v) is 7.75. The summed E-state index contributed by atoms with van der Waals surface area (Å²) in [4.78, 5) is 15.0. The molecule has 38 heavy (non-hydrogen) atoms. The van der Waals surface area contributed by atoms with Crippen LogP contribution < -0.4 is 0 Å². The van der Waals surface area contributed by atoms with Crippen molar-refractivity contribution >= 4 is 27.8 Å². The molecule has 2 aromatic carbocycles. The van der Waals surface area contributed by atoms with E-state index < -0.39 is 0 Å². The molecule has 1 saturated carbocycles. The predicted octanol–water partition coefficient (Wildman–Crippen LogP) is 7.31. The number of benzene rings is 2. The smallest absolute Gasteiger partial charge is 0.337 e. The molecule has 4 aromatic rings. The van der Waals surface area contributed by atoms with E-state index in [2.05, 4.69) is 57.6 Å². The summed E-state index contributed by atoms with van der Waals surface area (Å²) in [5.74, 6) is 0.946. The first-order valence-corrected chi connectivity index (χ1v) is 14.7. The van der Waals surface area contributed by atoms with Gasteiger partial charge in [0, 0.05) is 41.1 Å². The molecule has 0 atom stereocenters. The Kier molecular flexibility index (Phi) is 6.07. The van der Waals surface area contributed by atoms with Crippen molar-refractivity contribution in [2.75, 3.05) is 27.2 Å². The SMILES string of the molecule is COC(=O)c1ccc2c(C3CCCCC3)c3n(c2c1)CCCn1cc(C2CCN(C)CC2)c2cccc-3c21. The lowest BCUT2D eigenvalue weighted by Gasteiger charge is -2.28. The van der Waals surface area contributed by atoms with Gasteiger partial charge in [-0.2, -0.15) is 0 Å². The largest absolute Gasteiger partial charge is 0.465 e.